The number of hydrogen-bond donors (Lipinski definition) is 0. The van der Waals surface area contributed by atoms with E-state index in [9.17, 15) is 19.7 Å². The number of benzene rings is 2. The van der Waals surface area contributed by atoms with Crippen LogP contribution < -0.4 is 14.9 Å². The molecule has 2 aromatic carbocycles. The van der Waals surface area contributed by atoms with E-state index in [1.807, 2.05) is 47.8 Å². The van der Waals surface area contributed by atoms with Crippen LogP contribution in [0.4, 0.5) is 5.69 Å². The number of nitrogens with zero attached hydrogens (tertiary/aromatic N) is 5. The van der Waals surface area contributed by atoms with E-state index in [0.29, 0.717) is 37.4 Å². The van der Waals surface area contributed by atoms with Crippen molar-refractivity contribution in [1.29, 1.82) is 0 Å². The number of rotatable bonds is 6. The van der Waals surface area contributed by atoms with Crippen molar-refractivity contribution < 1.29 is 14.5 Å². The number of methoxy groups -OCH3 is 1. The third-order valence-corrected chi connectivity index (χ3v) is 8.53. The molecule has 1 atom stereocenters. The highest BCUT2D eigenvalue weighted by Crippen LogP contribution is 2.33. The smallest absolute Gasteiger partial charge is 0.338 e. The van der Waals surface area contributed by atoms with Gasteiger partial charge in [0.15, 0.2) is 4.80 Å². The highest BCUT2D eigenvalue weighted by Gasteiger charge is 2.33. The first kappa shape index (κ1) is 26.3. The van der Waals surface area contributed by atoms with Gasteiger partial charge in [-0.15, -0.1) is 11.3 Å². The normalized spacial score (nSPS) is 15.0. The van der Waals surface area contributed by atoms with Crippen molar-refractivity contribution in [3.63, 3.8) is 0 Å². The summed E-state index contributed by atoms with van der Waals surface area (Å²) >= 11 is 2.64. The molecule has 204 valence electrons. The lowest BCUT2D eigenvalue weighted by Crippen LogP contribution is -2.39. The molecule has 0 saturated heterocycles. The van der Waals surface area contributed by atoms with Gasteiger partial charge < -0.3 is 4.74 Å². The molecule has 5 aromatic rings. The van der Waals surface area contributed by atoms with Crippen LogP contribution in [-0.4, -0.2) is 32.3 Å². The minimum atomic E-state index is -0.677. The van der Waals surface area contributed by atoms with E-state index in [1.165, 1.54) is 46.5 Å². The lowest BCUT2D eigenvalue weighted by atomic mass is 10.0. The average molecular weight is 584 g/mol. The number of nitro groups is 1. The highest BCUT2D eigenvalue weighted by molar-refractivity contribution is 7.10. The maximum Gasteiger partial charge on any atom is 0.338 e. The zero-order chi connectivity index (χ0) is 28.7. The summed E-state index contributed by atoms with van der Waals surface area (Å²) in [7, 11) is 1.30. The second-order valence-electron chi connectivity index (χ2n) is 9.11. The molecule has 0 amide bonds. The Morgan fingerprint density at radius 3 is 2.63 bits per heavy atom. The second-order valence-corrected chi connectivity index (χ2v) is 11.1. The number of para-hydroxylation sites is 1. The van der Waals surface area contributed by atoms with Gasteiger partial charge in [-0.2, -0.15) is 5.10 Å². The Bertz CT molecular complexity index is 2020. The molecule has 6 rings (SSSR count). The summed E-state index contributed by atoms with van der Waals surface area (Å²) in [6.07, 6.45) is 3.50. The Labute approximate surface area is 240 Å². The lowest BCUT2D eigenvalue weighted by Gasteiger charge is -2.22. The predicted molar refractivity (Wildman–Crippen MR) is 156 cm³/mol. The zero-order valence-electron chi connectivity index (χ0n) is 21.8. The molecular weight excluding hydrogens is 562 g/mol. The summed E-state index contributed by atoms with van der Waals surface area (Å²) in [5.74, 6) is -0.545. The number of thiazole rings is 1. The van der Waals surface area contributed by atoms with E-state index < -0.39 is 16.9 Å². The third-order valence-electron chi connectivity index (χ3n) is 6.62. The summed E-state index contributed by atoms with van der Waals surface area (Å²) in [5.41, 5.74) is 2.80. The number of allylic oxidation sites excluding steroid dienone is 1. The van der Waals surface area contributed by atoms with Gasteiger partial charge in [-0.1, -0.05) is 47.7 Å². The molecule has 0 radical (unpaired) electrons. The summed E-state index contributed by atoms with van der Waals surface area (Å²) in [5, 5.41) is 18.1. The summed E-state index contributed by atoms with van der Waals surface area (Å²) in [4.78, 5) is 43.6. The maximum absolute atomic E-state index is 14.0. The van der Waals surface area contributed by atoms with Crippen LogP contribution in [0.15, 0.2) is 99.4 Å². The SMILES string of the molecule is COC(=O)C1=C(C)N=c2s/c(=C/c3cn(-c4ccccc4)nc3-c3cccc([N+](=O)[O-])c3)c(=O)n2[C@H]1c1cccs1. The van der Waals surface area contributed by atoms with Gasteiger partial charge in [-0.3, -0.25) is 19.5 Å². The third kappa shape index (κ3) is 4.72. The van der Waals surface area contributed by atoms with Crippen LogP contribution in [0.25, 0.3) is 23.0 Å². The maximum atomic E-state index is 14.0. The van der Waals surface area contributed by atoms with Crippen molar-refractivity contribution in [3.05, 3.63) is 130 Å². The van der Waals surface area contributed by atoms with Gasteiger partial charge in [0.1, 0.15) is 11.7 Å². The summed E-state index contributed by atoms with van der Waals surface area (Å²) in [6.45, 7) is 1.73. The van der Waals surface area contributed by atoms with Gasteiger partial charge in [0.2, 0.25) is 0 Å². The fourth-order valence-corrected chi connectivity index (χ4v) is 6.61. The first-order chi connectivity index (χ1) is 19.9. The van der Waals surface area contributed by atoms with E-state index in [4.69, 9.17) is 9.84 Å². The number of non-ortho nitro benzene ring substituents is 1. The Morgan fingerprint density at radius 2 is 1.93 bits per heavy atom. The number of esters is 1. The van der Waals surface area contributed by atoms with Crippen molar-refractivity contribution in [2.45, 2.75) is 13.0 Å². The summed E-state index contributed by atoms with van der Waals surface area (Å²) < 4.78 is 8.62. The number of nitro benzene ring substituents is 1. The second kappa shape index (κ2) is 10.6. The first-order valence-corrected chi connectivity index (χ1v) is 14.1. The average Bonchev–Trinajstić information content (AvgIpc) is 3.73. The summed E-state index contributed by atoms with van der Waals surface area (Å²) in [6, 6.07) is 18.7. The number of hydrogen-bond acceptors (Lipinski definition) is 9. The Hall–Kier alpha value is -4.94. The van der Waals surface area contributed by atoms with E-state index in [1.54, 1.807) is 36.0 Å². The molecule has 10 nitrogen and oxygen atoms in total. The number of ether oxygens (including phenoxy) is 1. The quantitative estimate of drug-likeness (QED) is 0.168. The monoisotopic (exact) mass is 583 g/mol. The number of carbonyl (C=O) groups excluding carboxylic acids is 1. The molecule has 4 heterocycles. The fraction of sp³-hybridized carbons (Fsp3) is 0.103. The van der Waals surface area contributed by atoms with E-state index in [-0.39, 0.29) is 11.2 Å². The molecule has 0 bridgehead atoms. The van der Waals surface area contributed by atoms with Crippen molar-refractivity contribution in [2.75, 3.05) is 7.11 Å². The van der Waals surface area contributed by atoms with Crippen molar-refractivity contribution in [1.82, 2.24) is 14.3 Å². The minimum absolute atomic E-state index is 0.0659. The van der Waals surface area contributed by atoms with Crippen molar-refractivity contribution in [2.24, 2.45) is 4.99 Å². The van der Waals surface area contributed by atoms with Gasteiger partial charge in [0.05, 0.1) is 33.5 Å². The standard InChI is InChI=1S/C29H21N5O5S2/c1-17-24(28(36)39-2)26(22-12-7-13-40-22)33-27(35)23(41-29(33)30-17)15-19-16-32(20-9-4-3-5-10-20)31-25(19)18-8-6-11-21(14-18)34(37)38/h3-16,26H,1-2H3/b23-15+/t26-/m0/s1. The highest BCUT2D eigenvalue weighted by atomic mass is 32.1. The van der Waals surface area contributed by atoms with E-state index in [2.05, 4.69) is 4.99 Å². The zero-order valence-corrected chi connectivity index (χ0v) is 23.4. The van der Waals surface area contributed by atoms with Crippen LogP contribution in [0, 0.1) is 10.1 Å². The number of carbonyl (C=O) groups is 1. The van der Waals surface area contributed by atoms with Crippen molar-refractivity contribution in [3.8, 4) is 16.9 Å². The Morgan fingerprint density at radius 1 is 1.12 bits per heavy atom. The molecule has 0 N–H and O–H groups in total. The largest absolute Gasteiger partial charge is 0.466 e. The molecule has 1 aliphatic heterocycles. The van der Waals surface area contributed by atoms with Crippen LogP contribution in [0.2, 0.25) is 0 Å². The van der Waals surface area contributed by atoms with Crippen LogP contribution in [0.3, 0.4) is 0 Å². The lowest BCUT2D eigenvalue weighted by molar-refractivity contribution is -0.384. The van der Waals surface area contributed by atoms with Gasteiger partial charge in [-0.05, 0) is 36.6 Å². The van der Waals surface area contributed by atoms with Crippen LogP contribution in [0.1, 0.15) is 23.4 Å². The Balaban J connectivity index is 1.57. The molecule has 1 aliphatic rings. The number of aromatic nitrogens is 3. The van der Waals surface area contributed by atoms with E-state index >= 15 is 0 Å². The molecule has 0 saturated carbocycles. The van der Waals surface area contributed by atoms with Crippen molar-refractivity contribution >= 4 is 40.4 Å². The molecule has 0 unspecified atom stereocenters. The molecule has 0 aliphatic carbocycles. The van der Waals surface area contributed by atoms with Crippen LogP contribution in [0.5, 0.6) is 0 Å². The predicted octanol–water partition coefficient (Wildman–Crippen LogP) is 4.23. The van der Waals surface area contributed by atoms with Gasteiger partial charge in [0, 0.05) is 34.3 Å². The van der Waals surface area contributed by atoms with E-state index in [0.717, 1.165) is 10.6 Å². The first-order valence-electron chi connectivity index (χ1n) is 12.4. The topological polar surface area (TPSA) is 122 Å². The Kier molecular flexibility index (Phi) is 6.77. The van der Waals surface area contributed by atoms with Crippen LogP contribution >= 0.6 is 22.7 Å². The molecule has 0 spiro atoms. The molecule has 3 aromatic heterocycles. The fourth-order valence-electron chi connectivity index (χ4n) is 4.75. The molecule has 12 heteroatoms. The molecular formula is C29H21N5O5S2. The van der Waals surface area contributed by atoms with Gasteiger partial charge >= 0.3 is 5.97 Å². The number of fused-ring (bicyclic) bond motifs is 1. The molecule has 41 heavy (non-hydrogen) atoms. The minimum Gasteiger partial charge on any atom is -0.466 e. The number of thiophene rings is 1. The molecule has 0 fully saturated rings. The van der Waals surface area contributed by atoms with Gasteiger partial charge in [0.25, 0.3) is 11.2 Å². The van der Waals surface area contributed by atoms with Crippen LogP contribution in [-0.2, 0) is 9.53 Å². The van der Waals surface area contributed by atoms with Gasteiger partial charge in [-0.25, -0.2) is 14.5 Å².